The lowest BCUT2D eigenvalue weighted by molar-refractivity contribution is -0.143. The summed E-state index contributed by atoms with van der Waals surface area (Å²) in [5, 5.41) is 20.4. The van der Waals surface area contributed by atoms with E-state index in [1.165, 1.54) is 11.3 Å². The molecule has 1 aliphatic rings. The SMILES string of the molecule is CC1c2nnc(-c3nccs3)n2CC(CO)N1C(=O)c1ccnc(C(F)(F)F)c1F. The van der Waals surface area contributed by atoms with Crippen LogP contribution in [0.3, 0.4) is 0 Å². The van der Waals surface area contributed by atoms with Gasteiger partial charge in [-0.05, 0) is 13.0 Å². The molecule has 0 aromatic carbocycles. The molecule has 0 radical (unpaired) electrons. The van der Waals surface area contributed by atoms with Crippen molar-refractivity contribution in [1.82, 2.24) is 29.6 Å². The second kappa shape index (κ2) is 7.40. The lowest BCUT2D eigenvalue weighted by atomic mass is 10.1. The largest absolute Gasteiger partial charge is 0.436 e. The standard InChI is InChI=1S/C17H14F4N6O2S/c1-8-13-24-25-14(15-23-4-5-30-15)26(13)6-9(7-28)27(8)16(29)10-2-3-22-12(11(10)18)17(19,20)21/h2-5,8-9,28H,6-7H2,1H3. The maximum atomic E-state index is 14.5. The Morgan fingerprint density at radius 2 is 2.07 bits per heavy atom. The Bertz CT molecular complexity index is 1080. The van der Waals surface area contributed by atoms with Gasteiger partial charge in [0.1, 0.15) is 0 Å². The Morgan fingerprint density at radius 1 is 1.30 bits per heavy atom. The molecule has 0 fully saturated rings. The van der Waals surface area contributed by atoms with Gasteiger partial charge in [0, 0.05) is 24.3 Å². The van der Waals surface area contributed by atoms with E-state index < -0.39 is 47.8 Å². The highest BCUT2D eigenvalue weighted by atomic mass is 32.1. The molecule has 4 rings (SSSR count). The van der Waals surface area contributed by atoms with Crippen molar-refractivity contribution in [2.24, 2.45) is 0 Å². The van der Waals surface area contributed by atoms with E-state index in [1.54, 1.807) is 23.1 Å². The summed E-state index contributed by atoms with van der Waals surface area (Å²) in [5.74, 6) is -1.96. The molecule has 13 heteroatoms. The van der Waals surface area contributed by atoms with Gasteiger partial charge in [-0.25, -0.2) is 14.4 Å². The maximum absolute atomic E-state index is 14.5. The van der Waals surface area contributed by atoms with E-state index in [2.05, 4.69) is 20.2 Å². The zero-order valence-electron chi connectivity index (χ0n) is 15.3. The van der Waals surface area contributed by atoms with Crippen molar-refractivity contribution >= 4 is 17.2 Å². The highest BCUT2D eigenvalue weighted by Gasteiger charge is 2.42. The summed E-state index contributed by atoms with van der Waals surface area (Å²) in [5.41, 5.74) is -2.55. The van der Waals surface area contributed by atoms with E-state index in [4.69, 9.17) is 0 Å². The molecule has 158 valence electrons. The number of carbonyl (C=O) groups excluding carboxylic acids is 1. The van der Waals surface area contributed by atoms with Gasteiger partial charge in [-0.1, -0.05) is 0 Å². The number of halogens is 4. The zero-order chi connectivity index (χ0) is 21.6. The van der Waals surface area contributed by atoms with Gasteiger partial charge in [0.05, 0.1) is 24.3 Å². The maximum Gasteiger partial charge on any atom is 0.436 e. The number of pyridine rings is 1. The summed E-state index contributed by atoms with van der Waals surface area (Å²) in [6, 6.07) is -0.739. The van der Waals surface area contributed by atoms with Crippen LogP contribution in [0.4, 0.5) is 17.6 Å². The summed E-state index contributed by atoms with van der Waals surface area (Å²) in [7, 11) is 0. The average Bonchev–Trinajstić information content (AvgIpc) is 3.36. The fourth-order valence-corrected chi connectivity index (χ4v) is 4.10. The Balaban J connectivity index is 1.75. The number of alkyl halides is 3. The third kappa shape index (κ3) is 3.23. The summed E-state index contributed by atoms with van der Waals surface area (Å²) in [6.45, 7) is 1.15. The third-order valence-electron chi connectivity index (χ3n) is 4.81. The fraction of sp³-hybridized carbons (Fsp3) is 0.353. The van der Waals surface area contributed by atoms with Gasteiger partial charge in [0.15, 0.2) is 28.2 Å². The molecule has 2 unspecified atom stereocenters. The molecule has 3 aromatic rings. The summed E-state index contributed by atoms with van der Waals surface area (Å²) >= 11 is 1.33. The Hall–Kier alpha value is -2.93. The summed E-state index contributed by atoms with van der Waals surface area (Å²) in [6.07, 6.45) is -2.73. The first kappa shape index (κ1) is 20.3. The van der Waals surface area contributed by atoms with Crippen LogP contribution < -0.4 is 0 Å². The first-order chi connectivity index (χ1) is 14.2. The minimum Gasteiger partial charge on any atom is -0.394 e. The van der Waals surface area contributed by atoms with E-state index in [1.807, 2.05) is 0 Å². The number of aromatic nitrogens is 5. The molecule has 1 aliphatic heterocycles. The highest BCUT2D eigenvalue weighted by molar-refractivity contribution is 7.13. The molecule has 8 nitrogen and oxygen atoms in total. The van der Waals surface area contributed by atoms with Gasteiger partial charge in [0.25, 0.3) is 5.91 Å². The smallest absolute Gasteiger partial charge is 0.394 e. The van der Waals surface area contributed by atoms with Crippen LogP contribution in [0, 0.1) is 5.82 Å². The number of aliphatic hydroxyl groups is 1. The summed E-state index contributed by atoms with van der Waals surface area (Å²) < 4.78 is 55.2. The van der Waals surface area contributed by atoms with E-state index in [9.17, 15) is 27.5 Å². The van der Waals surface area contributed by atoms with Crippen LogP contribution >= 0.6 is 11.3 Å². The molecule has 1 N–H and O–H groups in total. The van der Waals surface area contributed by atoms with Gasteiger partial charge in [0.2, 0.25) is 0 Å². The number of amides is 1. The minimum absolute atomic E-state index is 0.0721. The van der Waals surface area contributed by atoms with Crippen LogP contribution in [0.2, 0.25) is 0 Å². The van der Waals surface area contributed by atoms with Crippen molar-refractivity contribution in [3.63, 3.8) is 0 Å². The van der Waals surface area contributed by atoms with Gasteiger partial charge in [-0.15, -0.1) is 21.5 Å². The predicted molar refractivity (Wildman–Crippen MR) is 95.8 cm³/mol. The first-order valence-electron chi connectivity index (χ1n) is 8.72. The number of thiazole rings is 1. The summed E-state index contributed by atoms with van der Waals surface area (Å²) in [4.78, 5) is 21.3. The molecule has 3 aromatic heterocycles. The normalized spacial score (nSPS) is 19.1. The van der Waals surface area contributed by atoms with E-state index in [0.717, 1.165) is 17.2 Å². The lowest BCUT2D eigenvalue weighted by Crippen LogP contribution is -2.50. The van der Waals surface area contributed by atoms with Gasteiger partial charge in [-0.2, -0.15) is 13.2 Å². The Kier molecular flexibility index (Phi) is 5.02. The molecule has 30 heavy (non-hydrogen) atoms. The molecule has 0 aliphatic carbocycles. The van der Waals surface area contributed by atoms with Crippen molar-refractivity contribution in [2.75, 3.05) is 6.61 Å². The lowest BCUT2D eigenvalue weighted by Gasteiger charge is -2.40. The predicted octanol–water partition coefficient (Wildman–Crippen LogP) is 2.53. The molecular formula is C17H14F4N6O2S. The van der Waals surface area contributed by atoms with Gasteiger partial charge in [-0.3, -0.25) is 4.79 Å². The van der Waals surface area contributed by atoms with E-state index in [-0.39, 0.29) is 6.54 Å². The fourth-order valence-electron chi connectivity index (χ4n) is 3.47. The Labute approximate surface area is 170 Å². The van der Waals surface area contributed by atoms with Crippen molar-refractivity contribution in [3.05, 3.63) is 46.7 Å². The molecular weight excluding hydrogens is 428 g/mol. The molecule has 0 saturated carbocycles. The second-order valence-corrected chi connectivity index (χ2v) is 7.47. The molecule has 0 saturated heterocycles. The van der Waals surface area contributed by atoms with Gasteiger partial charge >= 0.3 is 6.18 Å². The molecule has 4 heterocycles. The van der Waals surface area contributed by atoms with Crippen molar-refractivity contribution in [2.45, 2.75) is 31.7 Å². The van der Waals surface area contributed by atoms with Crippen molar-refractivity contribution in [3.8, 4) is 10.8 Å². The monoisotopic (exact) mass is 442 g/mol. The van der Waals surface area contributed by atoms with Crippen molar-refractivity contribution < 1.29 is 27.5 Å². The van der Waals surface area contributed by atoms with Crippen LogP contribution in [0.1, 0.15) is 34.8 Å². The quantitative estimate of drug-likeness (QED) is 0.627. The number of hydrogen-bond acceptors (Lipinski definition) is 7. The van der Waals surface area contributed by atoms with Crippen LogP contribution in [0.5, 0.6) is 0 Å². The van der Waals surface area contributed by atoms with E-state index in [0.29, 0.717) is 16.7 Å². The number of hydrogen-bond donors (Lipinski definition) is 1. The molecule has 0 bridgehead atoms. The number of aliphatic hydroxyl groups excluding tert-OH is 1. The van der Waals surface area contributed by atoms with Gasteiger partial charge < -0.3 is 14.6 Å². The van der Waals surface area contributed by atoms with Crippen LogP contribution in [-0.4, -0.2) is 53.3 Å². The average molecular weight is 442 g/mol. The van der Waals surface area contributed by atoms with Crippen molar-refractivity contribution in [1.29, 1.82) is 0 Å². The Morgan fingerprint density at radius 3 is 2.70 bits per heavy atom. The highest BCUT2D eigenvalue weighted by Crippen LogP contribution is 2.35. The van der Waals surface area contributed by atoms with E-state index >= 15 is 0 Å². The number of nitrogens with zero attached hydrogens (tertiary/aromatic N) is 6. The minimum atomic E-state index is -5.05. The molecule has 0 spiro atoms. The second-order valence-electron chi connectivity index (χ2n) is 6.57. The number of fused-ring (bicyclic) bond motifs is 1. The molecule has 2 atom stereocenters. The topological polar surface area (TPSA) is 97.0 Å². The number of rotatable bonds is 3. The number of carbonyl (C=O) groups is 1. The molecule has 1 amide bonds. The zero-order valence-corrected chi connectivity index (χ0v) is 16.2. The first-order valence-corrected chi connectivity index (χ1v) is 9.60. The third-order valence-corrected chi connectivity index (χ3v) is 5.58. The van der Waals surface area contributed by atoms with Crippen LogP contribution in [0.15, 0.2) is 23.8 Å². The van der Waals surface area contributed by atoms with Crippen LogP contribution in [-0.2, 0) is 12.7 Å². The van der Waals surface area contributed by atoms with Crippen LogP contribution in [0.25, 0.3) is 10.8 Å².